The van der Waals surface area contributed by atoms with Crippen molar-refractivity contribution < 1.29 is 19.1 Å². The van der Waals surface area contributed by atoms with Crippen molar-refractivity contribution in [3.63, 3.8) is 0 Å². The fourth-order valence-electron chi connectivity index (χ4n) is 2.92. The highest BCUT2D eigenvalue weighted by Gasteiger charge is 2.19. The fourth-order valence-corrected chi connectivity index (χ4v) is 2.92. The number of rotatable bonds is 7. The molecule has 0 saturated carbocycles. The Labute approximate surface area is 173 Å². The Morgan fingerprint density at radius 3 is 2.31 bits per heavy atom. The number of esters is 1. The van der Waals surface area contributed by atoms with Crippen molar-refractivity contribution in [2.24, 2.45) is 0 Å². The third-order valence-corrected chi connectivity index (χ3v) is 4.72. The van der Waals surface area contributed by atoms with Gasteiger partial charge in [-0.05, 0) is 54.5 Å². The van der Waals surface area contributed by atoms with E-state index in [4.69, 9.17) is 9.47 Å². The summed E-state index contributed by atoms with van der Waals surface area (Å²) >= 11 is 0. The van der Waals surface area contributed by atoms with E-state index in [0.717, 1.165) is 23.2 Å². The van der Waals surface area contributed by atoms with Gasteiger partial charge in [-0.25, -0.2) is 4.79 Å². The van der Waals surface area contributed by atoms with Crippen LogP contribution in [0, 0.1) is 6.92 Å². The molecule has 0 bridgehead atoms. The van der Waals surface area contributed by atoms with E-state index in [9.17, 15) is 9.59 Å². The van der Waals surface area contributed by atoms with Gasteiger partial charge in [-0.1, -0.05) is 58.0 Å². The number of aryl methyl sites for hydroxylation is 2. The number of nitrogens with one attached hydrogen (secondary N) is 1. The molecule has 0 saturated heterocycles. The van der Waals surface area contributed by atoms with E-state index < -0.39 is 12.1 Å². The topological polar surface area (TPSA) is 64.6 Å². The van der Waals surface area contributed by atoms with Crippen LogP contribution in [0.2, 0.25) is 0 Å². The lowest BCUT2D eigenvalue weighted by atomic mass is 9.87. The quantitative estimate of drug-likeness (QED) is 0.682. The molecule has 2 rings (SSSR count). The number of ether oxygens (including phenoxy) is 2. The van der Waals surface area contributed by atoms with Gasteiger partial charge in [-0.15, -0.1) is 0 Å². The fraction of sp³-hybridized carbons (Fsp3) is 0.417. The van der Waals surface area contributed by atoms with Gasteiger partial charge in [0.25, 0.3) is 5.91 Å². The number of carbonyl (C=O) groups is 2. The first kappa shape index (κ1) is 22.5. The first-order valence-electron chi connectivity index (χ1n) is 9.94. The number of hydrogen-bond donors (Lipinski definition) is 1. The summed E-state index contributed by atoms with van der Waals surface area (Å²) in [6, 6.07) is 13.5. The van der Waals surface area contributed by atoms with Crippen LogP contribution < -0.4 is 10.1 Å². The third kappa shape index (κ3) is 6.34. The van der Waals surface area contributed by atoms with Crippen LogP contribution in [0.1, 0.15) is 51.3 Å². The van der Waals surface area contributed by atoms with Gasteiger partial charge in [0.05, 0.1) is 0 Å². The van der Waals surface area contributed by atoms with Crippen LogP contribution in [0.25, 0.3) is 0 Å². The lowest BCUT2D eigenvalue weighted by Crippen LogP contribution is -2.30. The maximum atomic E-state index is 12.2. The molecule has 1 atom stereocenters. The average molecular weight is 398 g/mol. The molecule has 0 spiro atoms. The molecule has 0 aliphatic rings. The van der Waals surface area contributed by atoms with Crippen molar-refractivity contribution in [3.8, 4) is 5.75 Å². The van der Waals surface area contributed by atoms with Crippen LogP contribution in [0.15, 0.2) is 42.5 Å². The summed E-state index contributed by atoms with van der Waals surface area (Å²) in [4.78, 5) is 24.4. The van der Waals surface area contributed by atoms with Crippen LogP contribution in [0.4, 0.5) is 5.69 Å². The molecule has 5 heteroatoms. The molecule has 156 valence electrons. The van der Waals surface area contributed by atoms with Crippen molar-refractivity contribution in [1.82, 2.24) is 0 Å². The van der Waals surface area contributed by atoms with Crippen molar-refractivity contribution in [2.75, 3.05) is 11.9 Å². The Bertz CT molecular complexity index is 850. The zero-order valence-corrected chi connectivity index (χ0v) is 18.2. The number of carbonyl (C=O) groups excluding carboxylic acids is 2. The Morgan fingerprint density at radius 2 is 1.72 bits per heavy atom. The Hall–Kier alpha value is -2.82. The second kappa shape index (κ2) is 9.59. The lowest BCUT2D eigenvalue weighted by Gasteiger charge is -2.20. The number of hydrogen-bond acceptors (Lipinski definition) is 4. The van der Waals surface area contributed by atoms with Gasteiger partial charge in [0.1, 0.15) is 5.75 Å². The predicted molar refractivity (Wildman–Crippen MR) is 115 cm³/mol. The maximum absolute atomic E-state index is 12.2. The minimum atomic E-state index is -0.812. The van der Waals surface area contributed by atoms with Crippen molar-refractivity contribution in [1.29, 1.82) is 0 Å². The molecule has 0 aliphatic heterocycles. The van der Waals surface area contributed by atoms with Crippen LogP contribution >= 0.6 is 0 Å². The van der Waals surface area contributed by atoms with Crippen molar-refractivity contribution in [2.45, 2.75) is 59.5 Å². The highest BCUT2D eigenvalue weighted by Crippen LogP contribution is 2.25. The first-order chi connectivity index (χ1) is 13.6. The molecule has 0 unspecified atom stereocenters. The molecular formula is C24H31NO4. The largest absolute Gasteiger partial charge is 0.479 e. The molecule has 5 nitrogen and oxygen atoms in total. The number of anilines is 1. The molecule has 1 amide bonds. The summed E-state index contributed by atoms with van der Waals surface area (Å²) in [5.41, 5.74) is 4.02. The van der Waals surface area contributed by atoms with E-state index in [1.807, 2.05) is 56.3 Å². The molecular weight excluding hydrogens is 366 g/mol. The Morgan fingerprint density at radius 1 is 1.07 bits per heavy atom. The van der Waals surface area contributed by atoms with Crippen LogP contribution in [0.5, 0.6) is 5.75 Å². The summed E-state index contributed by atoms with van der Waals surface area (Å²) in [5, 5.41) is 2.84. The molecule has 2 aromatic carbocycles. The predicted octanol–water partition coefficient (Wildman–Crippen LogP) is 4.80. The first-order valence-corrected chi connectivity index (χ1v) is 9.94. The molecule has 0 aromatic heterocycles. The van der Waals surface area contributed by atoms with Gasteiger partial charge in [-0.2, -0.15) is 0 Å². The number of para-hydroxylation sites is 1. The van der Waals surface area contributed by atoms with E-state index in [-0.39, 0.29) is 17.9 Å². The van der Waals surface area contributed by atoms with Crippen molar-refractivity contribution >= 4 is 17.6 Å². The Balaban J connectivity index is 1.88. The molecule has 1 N–H and O–H groups in total. The van der Waals surface area contributed by atoms with Crippen LogP contribution in [0.3, 0.4) is 0 Å². The standard InChI is InChI=1S/C24H31NO4/c1-7-18-10-8-9-16(2)22(18)25-21(26)15-28-23(27)17(3)29-20-13-11-19(12-14-20)24(4,5)6/h8-14,17H,7,15H2,1-6H3,(H,25,26)/t17-/m0/s1. The van der Waals surface area contributed by atoms with Gasteiger partial charge < -0.3 is 14.8 Å². The van der Waals surface area contributed by atoms with Gasteiger partial charge in [0.15, 0.2) is 12.7 Å². The summed E-state index contributed by atoms with van der Waals surface area (Å²) < 4.78 is 10.8. The summed E-state index contributed by atoms with van der Waals surface area (Å²) in [5.74, 6) is -0.371. The van der Waals surface area contributed by atoms with Crippen LogP contribution in [-0.4, -0.2) is 24.6 Å². The van der Waals surface area contributed by atoms with Crippen molar-refractivity contribution in [3.05, 3.63) is 59.2 Å². The Kier molecular flexibility index (Phi) is 7.43. The summed E-state index contributed by atoms with van der Waals surface area (Å²) in [7, 11) is 0. The highest BCUT2D eigenvalue weighted by atomic mass is 16.6. The minimum absolute atomic E-state index is 0.0468. The molecule has 0 radical (unpaired) electrons. The minimum Gasteiger partial charge on any atom is -0.479 e. The summed E-state index contributed by atoms with van der Waals surface area (Å²) in [6.45, 7) is 11.6. The van der Waals surface area contributed by atoms with E-state index >= 15 is 0 Å². The molecule has 0 aliphatic carbocycles. The monoisotopic (exact) mass is 397 g/mol. The van der Waals surface area contributed by atoms with Crippen LogP contribution in [-0.2, 0) is 26.2 Å². The maximum Gasteiger partial charge on any atom is 0.347 e. The van der Waals surface area contributed by atoms with Gasteiger partial charge >= 0.3 is 5.97 Å². The van der Waals surface area contributed by atoms with E-state index in [1.54, 1.807) is 6.92 Å². The highest BCUT2D eigenvalue weighted by molar-refractivity contribution is 5.94. The SMILES string of the molecule is CCc1cccc(C)c1NC(=O)COC(=O)[C@H](C)Oc1ccc(C(C)(C)C)cc1. The molecule has 29 heavy (non-hydrogen) atoms. The summed E-state index contributed by atoms with van der Waals surface area (Å²) in [6.07, 6.45) is -0.0105. The second-order valence-corrected chi connectivity index (χ2v) is 8.15. The zero-order valence-electron chi connectivity index (χ0n) is 18.2. The van der Waals surface area contributed by atoms with Gasteiger partial charge in [0.2, 0.25) is 0 Å². The van der Waals surface area contributed by atoms with E-state index in [1.165, 1.54) is 5.56 Å². The average Bonchev–Trinajstić information content (AvgIpc) is 2.67. The zero-order chi connectivity index (χ0) is 21.6. The van der Waals surface area contributed by atoms with E-state index in [0.29, 0.717) is 5.75 Å². The lowest BCUT2D eigenvalue weighted by molar-refractivity contribution is -0.153. The van der Waals surface area contributed by atoms with Gasteiger partial charge in [-0.3, -0.25) is 4.79 Å². The molecule has 0 heterocycles. The number of benzene rings is 2. The molecule has 2 aromatic rings. The molecule has 0 fully saturated rings. The number of amides is 1. The smallest absolute Gasteiger partial charge is 0.347 e. The normalized spacial score (nSPS) is 12.2. The van der Waals surface area contributed by atoms with E-state index in [2.05, 4.69) is 26.1 Å². The third-order valence-electron chi connectivity index (χ3n) is 4.72. The second-order valence-electron chi connectivity index (χ2n) is 8.15. The van der Waals surface area contributed by atoms with Gasteiger partial charge in [0, 0.05) is 5.69 Å².